The van der Waals surface area contributed by atoms with Crippen LogP contribution in [0.15, 0.2) is 48.8 Å². The number of carbonyl (C=O) groups excluding carboxylic acids is 1. The Balaban J connectivity index is 1.72. The molecule has 196 valence electrons. The molecule has 0 spiro atoms. The van der Waals surface area contributed by atoms with Crippen molar-refractivity contribution in [2.75, 3.05) is 31.0 Å². The average molecular weight is 527 g/mol. The lowest BCUT2D eigenvalue weighted by atomic mass is 9.71. The van der Waals surface area contributed by atoms with Crippen molar-refractivity contribution in [3.05, 3.63) is 77.2 Å². The second-order valence-electron chi connectivity index (χ2n) is 9.30. The summed E-state index contributed by atoms with van der Waals surface area (Å²) in [7, 11) is 1.86. The number of carbonyl (C=O) groups is 1. The van der Waals surface area contributed by atoms with Crippen molar-refractivity contribution in [3.8, 4) is 11.3 Å². The summed E-state index contributed by atoms with van der Waals surface area (Å²) < 4.78 is 36.3. The van der Waals surface area contributed by atoms with Gasteiger partial charge in [-0.3, -0.25) is 9.78 Å². The summed E-state index contributed by atoms with van der Waals surface area (Å²) in [5.74, 6) is -0.331. The minimum absolute atomic E-state index is 0.0425. The minimum atomic E-state index is -0.682. The number of nitrogens with one attached hydrogen (secondary N) is 1. The third-order valence-electron chi connectivity index (χ3n) is 7.00. The Hall–Kier alpha value is -2.88. The molecule has 3 N–H and O–H groups in total. The number of hydrogen-bond acceptors (Lipinski definition) is 7. The van der Waals surface area contributed by atoms with Crippen molar-refractivity contribution in [2.45, 2.75) is 37.3 Å². The number of aldehydes is 1. The van der Waals surface area contributed by atoms with Gasteiger partial charge in [-0.15, -0.1) is 0 Å². The molecule has 1 aromatic carbocycles. The first-order valence-electron chi connectivity index (χ1n) is 12.3. The van der Waals surface area contributed by atoms with Gasteiger partial charge in [0.1, 0.15) is 23.0 Å². The highest BCUT2D eigenvalue weighted by Gasteiger charge is 2.38. The van der Waals surface area contributed by atoms with Gasteiger partial charge in [0.2, 0.25) is 0 Å². The normalized spacial score (nSPS) is 21.5. The number of rotatable bonds is 10. The van der Waals surface area contributed by atoms with Gasteiger partial charge in [-0.1, -0.05) is 12.1 Å². The van der Waals surface area contributed by atoms with Crippen molar-refractivity contribution >= 4 is 23.7 Å². The van der Waals surface area contributed by atoms with Crippen molar-refractivity contribution in [3.63, 3.8) is 0 Å². The zero-order valence-corrected chi connectivity index (χ0v) is 21.8. The fourth-order valence-corrected chi connectivity index (χ4v) is 5.61. The lowest BCUT2D eigenvalue weighted by molar-refractivity contribution is -0.0208. The van der Waals surface area contributed by atoms with Crippen molar-refractivity contribution in [1.82, 2.24) is 9.97 Å². The van der Waals surface area contributed by atoms with Crippen LogP contribution in [0.5, 0.6) is 0 Å². The summed E-state index contributed by atoms with van der Waals surface area (Å²) in [4.78, 5) is 19.6. The standard InChI is InChI=1S/C28H32F2N4O2S/c1-32-25-15-33-9-8-21(25)18-13-19(28(24(31)14-18)36-10-11-37-2)12-17-4-3-5-22(29)26(17)27-23(30)7-6-20(16-35)34-27/h3-9,15-16,18-19,24,28,32H,10-14,31H2,1-2H3. The van der Waals surface area contributed by atoms with Gasteiger partial charge in [0, 0.05) is 30.6 Å². The third kappa shape index (κ3) is 6.17. The van der Waals surface area contributed by atoms with E-state index in [1.807, 2.05) is 19.4 Å². The summed E-state index contributed by atoms with van der Waals surface area (Å²) in [5.41, 5.74) is 9.35. The van der Waals surface area contributed by atoms with E-state index in [2.05, 4.69) is 15.3 Å². The van der Waals surface area contributed by atoms with E-state index >= 15 is 4.39 Å². The van der Waals surface area contributed by atoms with Crippen LogP contribution in [0.3, 0.4) is 0 Å². The zero-order chi connectivity index (χ0) is 26.4. The van der Waals surface area contributed by atoms with E-state index in [1.54, 1.807) is 36.3 Å². The highest BCUT2D eigenvalue weighted by molar-refractivity contribution is 7.98. The van der Waals surface area contributed by atoms with Gasteiger partial charge >= 0.3 is 0 Å². The van der Waals surface area contributed by atoms with Gasteiger partial charge in [0.25, 0.3) is 0 Å². The maximum Gasteiger partial charge on any atom is 0.168 e. The fraction of sp³-hybridized carbons (Fsp3) is 0.393. The topological polar surface area (TPSA) is 90.1 Å². The first-order valence-corrected chi connectivity index (χ1v) is 13.7. The van der Waals surface area contributed by atoms with Crippen LogP contribution in [0, 0.1) is 17.6 Å². The zero-order valence-electron chi connectivity index (χ0n) is 21.0. The predicted octanol–water partition coefficient (Wildman–Crippen LogP) is 5.09. The van der Waals surface area contributed by atoms with Crippen LogP contribution in [-0.4, -0.2) is 54.1 Å². The van der Waals surface area contributed by atoms with Crippen LogP contribution in [0.25, 0.3) is 11.3 Å². The number of hydrogen-bond donors (Lipinski definition) is 2. The smallest absolute Gasteiger partial charge is 0.168 e. The van der Waals surface area contributed by atoms with E-state index in [1.165, 1.54) is 12.1 Å². The molecular formula is C28H32F2N4O2S. The first kappa shape index (κ1) is 27.2. The molecule has 9 heteroatoms. The SMILES string of the molecule is CNc1cnccc1C1CC(N)C(OCCSC)C(Cc2cccc(F)c2-c2nc(C=O)ccc2F)C1. The number of nitrogens with zero attached hydrogens (tertiary/aromatic N) is 2. The van der Waals surface area contributed by atoms with E-state index < -0.39 is 11.6 Å². The van der Waals surface area contributed by atoms with E-state index in [-0.39, 0.29) is 40.9 Å². The van der Waals surface area contributed by atoms with Gasteiger partial charge in [-0.2, -0.15) is 11.8 Å². The molecule has 2 aromatic heterocycles. The van der Waals surface area contributed by atoms with Gasteiger partial charge in [-0.25, -0.2) is 13.8 Å². The Labute approximate surface area is 220 Å². The van der Waals surface area contributed by atoms with Crippen LogP contribution >= 0.6 is 11.8 Å². The predicted molar refractivity (Wildman–Crippen MR) is 144 cm³/mol. The minimum Gasteiger partial charge on any atom is -0.387 e. The number of pyridine rings is 2. The molecule has 3 aromatic rings. The maximum atomic E-state index is 15.2. The number of benzene rings is 1. The van der Waals surface area contributed by atoms with Crippen molar-refractivity contribution in [1.29, 1.82) is 0 Å². The summed E-state index contributed by atoms with van der Waals surface area (Å²) in [6.45, 7) is 0.561. The molecule has 4 atom stereocenters. The molecule has 0 radical (unpaired) electrons. The molecule has 0 aliphatic heterocycles. The molecule has 1 saturated carbocycles. The molecule has 0 bridgehead atoms. The summed E-state index contributed by atoms with van der Waals surface area (Å²) >= 11 is 1.70. The fourth-order valence-electron chi connectivity index (χ4n) is 5.34. The molecule has 1 aliphatic rings. The number of ether oxygens (including phenoxy) is 1. The molecule has 0 amide bonds. The van der Waals surface area contributed by atoms with E-state index in [4.69, 9.17) is 10.5 Å². The molecule has 4 unspecified atom stereocenters. The van der Waals surface area contributed by atoms with E-state index in [0.717, 1.165) is 35.9 Å². The quantitative estimate of drug-likeness (QED) is 0.281. The molecule has 6 nitrogen and oxygen atoms in total. The van der Waals surface area contributed by atoms with E-state index in [9.17, 15) is 9.18 Å². The lowest BCUT2D eigenvalue weighted by Crippen LogP contribution is -2.48. The van der Waals surface area contributed by atoms with Crippen LogP contribution in [0.2, 0.25) is 0 Å². The van der Waals surface area contributed by atoms with Crippen molar-refractivity contribution in [2.24, 2.45) is 11.7 Å². The molecule has 2 heterocycles. The average Bonchev–Trinajstić information content (AvgIpc) is 2.91. The van der Waals surface area contributed by atoms with Gasteiger partial charge < -0.3 is 15.8 Å². The van der Waals surface area contributed by atoms with Gasteiger partial charge in [0.05, 0.1) is 24.6 Å². The second kappa shape index (κ2) is 12.6. The van der Waals surface area contributed by atoms with Crippen LogP contribution in [0.4, 0.5) is 14.5 Å². The number of halogens is 2. The van der Waals surface area contributed by atoms with Crippen LogP contribution in [0.1, 0.15) is 40.4 Å². The molecule has 37 heavy (non-hydrogen) atoms. The number of nitrogens with two attached hydrogens (primary N) is 1. The highest BCUT2D eigenvalue weighted by atomic mass is 32.2. The second-order valence-corrected chi connectivity index (χ2v) is 10.3. The number of anilines is 1. The number of thioether (sulfide) groups is 1. The Morgan fingerprint density at radius 1 is 1.19 bits per heavy atom. The lowest BCUT2D eigenvalue weighted by Gasteiger charge is -2.41. The molecule has 4 rings (SSSR count). The van der Waals surface area contributed by atoms with Gasteiger partial charge in [0.15, 0.2) is 6.29 Å². The molecule has 0 saturated heterocycles. The number of aromatic nitrogens is 2. The molecule has 1 fully saturated rings. The Kier molecular flexibility index (Phi) is 9.23. The van der Waals surface area contributed by atoms with E-state index in [0.29, 0.717) is 24.9 Å². The maximum absolute atomic E-state index is 15.2. The van der Waals surface area contributed by atoms with Gasteiger partial charge in [-0.05, 0) is 72.7 Å². The van der Waals surface area contributed by atoms with Crippen LogP contribution < -0.4 is 11.1 Å². The molecule has 1 aliphatic carbocycles. The monoisotopic (exact) mass is 526 g/mol. The Morgan fingerprint density at radius 2 is 2.03 bits per heavy atom. The first-order chi connectivity index (χ1) is 18.0. The Morgan fingerprint density at radius 3 is 2.78 bits per heavy atom. The highest BCUT2D eigenvalue weighted by Crippen LogP contribution is 2.42. The van der Waals surface area contributed by atoms with Crippen molar-refractivity contribution < 1.29 is 18.3 Å². The largest absolute Gasteiger partial charge is 0.387 e. The van der Waals surface area contributed by atoms with Crippen LogP contribution in [-0.2, 0) is 11.2 Å². The summed E-state index contributed by atoms with van der Waals surface area (Å²) in [6, 6.07) is 8.88. The molecular weight excluding hydrogens is 494 g/mol. The third-order valence-corrected chi connectivity index (χ3v) is 7.57. The summed E-state index contributed by atoms with van der Waals surface area (Å²) in [5, 5.41) is 3.22. The summed E-state index contributed by atoms with van der Waals surface area (Å²) in [6.07, 6.45) is 7.81. The Bertz CT molecular complexity index is 1230.